The molecule has 1 unspecified atom stereocenters. The van der Waals surface area contributed by atoms with Gasteiger partial charge in [-0.2, -0.15) is 10.1 Å². The van der Waals surface area contributed by atoms with E-state index >= 15 is 0 Å². The Morgan fingerprint density at radius 3 is 2.81 bits per heavy atom. The third kappa shape index (κ3) is 4.93. The molecular formula is C18H26N6O3. The second-order valence-electron chi connectivity index (χ2n) is 7.04. The van der Waals surface area contributed by atoms with Gasteiger partial charge in [-0.25, -0.2) is 0 Å². The van der Waals surface area contributed by atoms with Crippen molar-refractivity contribution in [2.45, 2.75) is 52.6 Å². The molecule has 2 amide bonds. The molecule has 2 aromatic heterocycles. The first-order valence-corrected chi connectivity index (χ1v) is 9.25. The van der Waals surface area contributed by atoms with E-state index in [2.05, 4.69) is 15.2 Å². The monoisotopic (exact) mass is 374 g/mol. The van der Waals surface area contributed by atoms with Crippen LogP contribution in [0.3, 0.4) is 0 Å². The number of nitrogens with zero attached hydrogens (tertiary/aromatic N) is 6. The van der Waals surface area contributed by atoms with Crippen LogP contribution in [-0.2, 0) is 22.6 Å². The molecule has 27 heavy (non-hydrogen) atoms. The topological polar surface area (TPSA) is 97.4 Å². The maximum absolute atomic E-state index is 12.6. The van der Waals surface area contributed by atoms with Gasteiger partial charge in [0.2, 0.25) is 17.7 Å². The fraction of sp³-hybridized carbons (Fsp3) is 0.611. The summed E-state index contributed by atoms with van der Waals surface area (Å²) in [6.45, 7) is 7.25. The Balaban J connectivity index is 1.59. The van der Waals surface area contributed by atoms with Crippen LogP contribution in [-0.4, -0.2) is 67.2 Å². The molecule has 1 fully saturated rings. The Morgan fingerprint density at radius 1 is 1.37 bits per heavy atom. The predicted molar refractivity (Wildman–Crippen MR) is 96.7 cm³/mol. The molecule has 0 N–H and O–H groups in total. The van der Waals surface area contributed by atoms with Gasteiger partial charge in [0.25, 0.3) is 0 Å². The largest absolute Gasteiger partial charge is 0.340 e. The number of carbonyl (C=O) groups is 2. The third-order valence-electron chi connectivity index (χ3n) is 4.80. The summed E-state index contributed by atoms with van der Waals surface area (Å²) < 4.78 is 6.64. The highest BCUT2D eigenvalue weighted by atomic mass is 16.5. The number of aryl methyl sites for hydroxylation is 2. The second kappa shape index (κ2) is 8.32. The van der Waals surface area contributed by atoms with E-state index < -0.39 is 0 Å². The molecular weight excluding hydrogens is 348 g/mol. The highest BCUT2D eigenvalue weighted by Gasteiger charge is 2.29. The lowest BCUT2D eigenvalue weighted by molar-refractivity contribution is -0.139. The van der Waals surface area contributed by atoms with Crippen LogP contribution in [0, 0.1) is 13.8 Å². The molecule has 1 atom stereocenters. The van der Waals surface area contributed by atoms with Gasteiger partial charge in [0.1, 0.15) is 6.54 Å². The van der Waals surface area contributed by atoms with Gasteiger partial charge in [-0.15, -0.1) is 0 Å². The van der Waals surface area contributed by atoms with Crippen molar-refractivity contribution in [1.82, 2.24) is 29.7 Å². The first kappa shape index (κ1) is 19.1. The average molecular weight is 374 g/mol. The molecule has 9 heteroatoms. The van der Waals surface area contributed by atoms with Crippen molar-refractivity contribution in [1.29, 1.82) is 0 Å². The summed E-state index contributed by atoms with van der Waals surface area (Å²) in [4.78, 5) is 32.7. The molecule has 1 aliphatic rings. The van der Waals surface area contributed by atoms with E-state index in [4.69, 9.17) is 4.52 Å². The van der Waals surface area contributed by atoms with Crippen molar-refractivity contribution in [3.63, 3.8) is 0 Å². The lowest BCUT2D eigenvalue weighted by Gasteiger charge is -2.39. The maximum atomic E-state index is 12.6. The van der Waals surface area contributed by atoms with Crippen LogP contribution in [0.1, 0.15) is 37.0 Å². The van der Waals surface area contributed by atoms with Crippen LogP contribution in [0.2, 0.25) is 0 Å². The first-order chi connectivity index (χ1) is 12.9. The van der Waals surface area contributed by atoms with Gasteiger partial charge in [0, 0.05) is 52.1 Å². The van der Waals surface area contributed by atoms with E-state index in [0.717, 1.165) is 18.4 Å². The molecule has 1 saturated heterocycles. The zero-order valence-corrected chi connectivity index (χ0v) is 16.1. The number of aromatic nitrogens is 4. The van der Waals surface area contributed by atoms with Gasteiger partial charge in [-0.05, 0) is 25.3 Å². The molecule has 9 nitrogen and oxygen atoms in total. The molecule has 1 aliphatic heterocycles. The van der Waals surface area contributed by atoms with Crippen molar-refractivity contribution in [2.24, 2.45) is 0 Å². The number of piperidine rings is 1. The molecule has 3 rings (SSSR count). The summed E-state index contributed by atoms with van der Waals surface area (Å²) in [6.07, 6.45) is 5.89. The van der Waals surface area contributed by atoms with E-state index in [1.165, 1.54) is 0 Å². The van der Waals surface area contributed by atoms with Crippen LogP contribution in [0.15, 0.2) is 16.9 Å². The third-order valence-corrected chi connectivity index (χ3v) is 4.80. The SMILES string of the molecule is CC(=O)N(CCc1noc(C)n1)C1CCCN(C(=O)Cn2cc(C)cn2)C1. The molecule has 3 heterocycles. The molecule has 2 aromatic rings. The van der Waals surface area contributed by atoms with Crippen molar-refractivity contribution in [2.75, 3.05) is 19.6 Å². The van der Waals surface area contributed by atoms with Crippen molar-refractivity contribution >= 4 is 11.8 Å². The lowest BCUT2D eigenvalue weighted by atomic mass is 10.0. The minimum atomic E-state index is -0.00258. The molecule has 0 aliphatic carbocycles. The summed E-state index contributed by atoms with van der Waals surface area (Å²) in [6, 6.07) is 0.00700. The smallest absolute Gasteiger partial charge is 0.244 e. The summed E-state index contributed by atoms with van der Waals surface area (Å²) in [7, 11) is 0. The number of likely N-dealkylation sites (tertiary alicyclic amines) is 1. The zero-order valence-electron chi connectivity index (χ0n) is 16.1. The van der Waals surface area contributed by atoms with Gasteiger partial charge >= 0.3 is 0 Å². The first-order valence-electron chi connectivity index (χ1n) is 9.25. The van der Waals surface area contributed by atoms with Crippen molar-refractivity contribution < 1.29 is 14.1 Å². The molecule has 0 bridgehead atoms. The standard InChI is InChI=1S/C18H26N6O3/c1-13-9-19-23(10-13)12-18(26)22-7-4-5-16(11-22)24(15(3)25)8-6-17-20-14(2)27-21-17/h9-10,16H,4-8,11-12H2,1-3H3. The van der Waals surface area contributed by atoms with Gasteiger partial charge < -0.3 is 14.3 Å². The van der Waals surface area contributed by atoms with Crippen molar-refractivity contribution in [3.8, 4) is 0 Å². The normalized spacial score (nSPS) is 17.1. The predicted octanol–water partition coefficient (Wildman–Crippen LogP) is 0.965. The van der Waals surface area contributed by atoms with Crippen LogP contribution < -0.4 is 0 Å². The van der Waals surface area contributed by atoms with Gasteiger partial charge in [0.15, 0.2) is 5.82 Å². The number of hydrogen-bond acceptors (Lipinski definition) is 6. The summed E-state index contributed by atoms with van der Waals surface area (Å²) in [5, 5.41) is 8.07. The minimum absolute atomic E-state index is 0.00258. The van der Waals surface area contributed by atoms with E-state index in [1.807, 2.05) is 22.9 Å². The fourth-order valence-corrected chi connectivity index (χ4v) is 3.49. The number of carbonyl (C=O) groups excluding carboxylic acids is 2. The Labute approximate surface area is 158 Å². The van der Waals surface area contributed by atoms with Gasteiger partial charge in [-0.3, -0.25) is 14.3 Å². The molecule has 0 spiro atoms. The quantitative estimate of drug-likeness (QED) is 0.747. The Kier molecular flexibility index (Phi) is 5.88. The molecule has 0 radical (unpaired) electrons. The molecule has 146 valence electrons. The van der Waals surface area contributed by atoms with Crippen LogP contribution in [0.5, 0.6) is 0 Å². The molecule has 0 aromatic carbocycles. The van der Waals surface area contributed by atoms with Crippen LogP contribution in [0.4, 0.5) is 0 Å². The lowest BCUT2D eigenvalue weighted by Crippen LogP contribution is -2.52. The maximum Gasteiger partial charge on any atom is 0.244 e. The summed E-state index contributed by atoms with van der Waals surface area (Å²) in [5.41, 5.74) is 1.03. The van der Waals surface area contributed by atoms with Crippen LogP contribution >= 0.6 is 0 Å². The fourth-order valence-electron chi connectivity index (χ4n) is 3.49. The Hall–Kier alpha value is -2.71. The van der Waals surface area contributed by atoms with Crippen molar-refractivity contribution in [3.05, 3.63) is 29.7 Å². The Morgan fingerprint density at radius 2 is 2.19 bits per heavy atom. The average Bonchev–Trinajstić information content (AvgIpc) is 3.23. The number of rotatable bonds is 6. The van der Waals surface area contributed by atoms with Gasteiger partial charge in [-0.1, -0.05) is 5.16 Å². The molecule has 0 saturated carbocycles. The van der Waals surface area contributed by atoms with E-state index in [0.29, 0.717) is 37.8 Å². The highest BCUT2D eigenvalue weighted by molar-refractivity contribution is 5.76. The minimum Gasteiger partial charge on any atom is -0.340 e. The number of amides is 2. The summed E-state index contributed by atoms with van der Waals surface area (Å²) >= 11 is 0. The van der Waals surface area contributed by atoms with Crippen LogP contribution in [0.25, 0.3) is 0 Å². The van der Waals surface area contributed by atoms with E-state index in [1.54, 1.807) is 24.7 Å². The highest BCUT2D eigenvalue weighted by Crippen LogP contribution is 2.17. The van der Waals surface area contributed by atoms with Gasteiger partial charge in [0.05, 0.1) is 6.20 Å². The zero-order chi connectivity index (χ0) is 19.4. The second-order valence-corrected chi connectivity index (χ2v) is 7.04. The van der Waals surface area contributed by atoms with E-state index in [-0.39, 0.29) is 24.4 Å². The Bertz CT molecular complexity index is 799. The van der Waals surface area contributed by atoms with E-state index in [9.17, 15) is 9.59 Å². The summed E-state index contributed by atoms with van der Waals surface area (Å²) in [5.74, 6) is 1.14. The number of hydrogen-bond donors (Lipinski definition) is 0.